The average molecular weight is 356 g/mol. The summed E-state index contributed by atoms with van der Waals surface area (Å²) >= 11 is 3.24. The van der Waals surface area contributed by atoms with Crippen LogP contribution in [-0.4, -0.2) is 24.5 Å². The van der Waals surface area contributed by atoms with Crippen LogP contribution in [0.15, 0.2) is 52.0 Å². The monoisotopic (exact) mass is 355 g/mol. The number of carbonyl (C=O) groups is 1. The van der Waals surface area contributed by atoms with Gasteiger partial charge < -0.3 is 5.11 Å². The van der Waals surface area contributed by atoms with Gasteiger partial charge in [0.05, 0.1) is 21.9 Å². The number of rotatable bonds is 4. The molecule has 0 aliphatic heterocycles. The molecule has 20 heavy (non-hydrogen) atoms. The molecule has 0 bridgehead atoms. The minimum atomic E-state index is -3.49. The highest BCUT2D eigenvalue weighted by Gasteiger charge is 2.16. The van der Waals surface area contributed by atoms with Gasteiger partial charge in [-0.2, -0.15) is 0 Å². The highest BCUT2D eigenvalue weighted by Crippen LogP contribution is 2.18. The molecule has 0 unspecified atom stereocenters. The smallest absolute Gasteiger partial charge is 0.337 e. The summed E-state index contributed by atoms with van der Waals surface area (Å²) in [5.41, 5.74) is 0.327. The predicted octanol–water partition coefficient (Wildman–Crippen LogP) is 2.52. The van der Waals surface area contributed by atoms with Gasteiger partial charge in [-0.05, 0) is 36.4 Å². The maximum absolute atomic E-state index is 12.2. The molecule has 0 saturated carbocycles. The number of aromatic nitrogens is 1. The van der Waals surface area contributed by atoms with Crippen LogP contribution in [0, 0.1) is 0 Å². The lowest BCUT2D eigenvalue weighted by Crippen LogP contribution is -2.07. The van der Waals surface area contributed by atoms with Crippen LogP contribution in [0.1, 0.15) is 16.1 Å². The topological polar surface area (TPSA) is 84.3 Å². The SMILES string of the molecule is O=C(O)c1ccc(CS(=O)(=O)c2ccc(Br)cc2)nc1. The maximum atomic E-state index is 12.2. The molecule has 0 fully saturated rings. The van der Waals surface area contributed by atoms with E-state index in [2.05, 4.69) is 20.9 Å². The maximum Gasteiger partial charge on any atom is 0.337 e. The van der Waals surface area contributed by atoms with Crippen molar-refractivity contribution < 1.29 is 18.3 Å². The summed E-state index contributed by atoms with van der Waals surface area (Å²) in [5, 5.41) is 8.75. The number of carboxylic acids is 1. The molecule has 5 nitrogen and oxygen atoms in total. The number of nitrogens with zero attached hydrogens (tertiary/aromatic N) is 1. The van der Waals surface area contributed by atoms with E-state index < -0.39 is 15.8 Å². The molecule has 0 aliphatic carbocycles. The molecule has 2 rings (SSSR count). The number of hydrogen-bond donors (Lipinski definition) is 1. The Labute approximate surface area is 124 Å². The molecule has 0 radical (unpaired) electrons. The van der Waals surface area contributed by atoms with Crippen LogP contribution in [0.25, 0.3) is 0 Å². The van der Waals surface area contributed by atoms with E-state index in [9.17, 15) is 13.2 Å². The van der Waals surface area contributed by atoms with E-state index in [1.807, 2.05) is 0 Å². The Hall–Kier alpha value is -1.73. The molecule has 1 aromatic heterocycles. The van der Waals surface area contributed by atoms with E-state index in [1.165, 1.54) is 24.3 Å². The van der Waals surface area contributed by atoms with Crippen molar-refractivity contribution in [1.29, 1.82) is 0 Å². The Balaban J connectivity index is 2.24. The van der Waals surface area contributed by atoms with Gasteiger partial charge in [0.1, 0.15) is 0 Å². The summed E-state index contributed by atoms with van der Waals surface area (Å²) in [4.78, 5) is 14.7. The van der Waals surface area contributed by atoms with Crippen LogP contribution in [0.4, 0.5) is 0 Å². The number of hydrogen-bond acceptors (Lipinski definition) is 4. The Kier molecular flexibility index (Phi) is 4.20. The zero-order valence-corrected chi connectivity index (χ0v) is 12.6. The van der Waals surface area contributed by atoms with Gasteiger partial charge in [0.25, 0.3) is 0 Å². The van der Waals surface area contributed by atoms with Crippen molar-refractivity contribution in [3.05, 3.63) is 58.3 Å². The summed E-state index contributed by atoms with van der Waals surface area (Å²) in [6, 6.07) is 9.04. The highest BCUT2D eigenvalue weighted by atomic mass is 79.9. The molecule has 0 aliphatic rings. The van der Waals surface area contributed by atoms with E-state index >= 15 is 0 Å². The first-order chi connectivity index (χ1) is 9.38. The van der Waals surface area contributed by atoms with Gasteiger partial charge in [0.2, 0.25) is 0 Å². The average Bonchev–Trinajstić information content (AvgIpc) is 2.39. The third-order valence-electron chi connectivity index (χ3n) is 2.58. The number of halogens is 1. The van der Waals surface area contributed by atoms with E-state index in [0.717, 1.165) is 10.7 Å². The van der Waals surface area contributed by atoms with Crippen LogP contribution in [0.5, 0.6) is 0 Å². The molecule has 0 atom stereocenters. The second kappa shape index (κ2) is 5.72. The van der Waals surface area contributed by atoms with Crippen LogP contribution >= 0.6 is 15.9 Å². The van der Waals surface area contributed by atoms with E-state index in [1.54, 1.807) is 12.1 Å². The van der Waals surface area contributed by atoms with Gasteiger partial charge in [-0.25, -0.2) is 13.2 Å². The van der Waals surface area contributed by atoms with Crippen molar-refractivity contribution in [3.63, 3.8) is 0 Å². The molecule has 2 aromatic rings. The quantitative estimate of drug-likeness (QED) is 0.910. The Bertz CT molecular complexity index is 724. The summed E-state index contributed by atoms with van der Waals surface area (Å²) in [6.07, 6.45) is 1.15. The van der Waals surface area contributed by atoms with Crippen molar-refractivity contribution in [2.75, 3.05) is 0 Å². The number of carboxylic acid groups (broad SMARTS) is 1. The van der Waals surface area contributed by atoms with Gasteiger partial charge in [-0.1, -0.05) is 15.9 Å². The second-order valence-electron chi connectivity index (χ2n) is 4.06. The molecule has 0 amide bonds. The Morgan fingerprint density at radius 3 is 2.30 bits per heavy atom. The van der Waals surface area contributed by atoms with E-state index in [0.29, 0.717) is 5.69 Å². The Morgan fingerprint density at radius 2 is 1.80 bits per heavy atom. The fraction of sp³-hybridized carbons (Fsp3) is 0.0769. The number of aromatic carboxylic acids is 1. The predicted molar refractivity (Wildman–Crippen MR) is 76.2 cm³/mol. The summed E-state index contributed by atoms with van der Waals surface area (Å²) < 4.78 is 25.1. The van der Waals surface area contributed by atoms with Gasteiger partial charge in [-0.3, -0.25) is 4.98 Å². The summed E-state index contributed by atoms with van der Waals surface area (Å²) in [7, 11) is -3.49. The molecule has 7 heteroatoms. The van der Waals surface area contributed by atoms with Gasteiger partial charge >= 0.3 is 5.97 Å². The first kappa shape index (κ1) is 14.7. The van der Waals surface area contributed by atoms with Crippen molar-refractivity contribution in [3.8, 4) is 0 Å². The summed E-state index contributed by atoms with van der Waals surface area (Å²) in [5.74, 6) is -1.37. The summed E-state index contributed by atoms with van der Waals surface area (Å²) in [6.45, 7) is 0. The Morgan fingerprint density at radius 1 is 1.15 bits per heavy atom. The minimum Gasteiger partial charge on any atom is -0.478 e. The van der Waals surface area contributed by atoms with E-state index in [4.69, 9.17) is 5.11 Å². The van der Waals surface area contributed by atoms with Crippen molar-refractivity contribution in [2.45, 2.75) is 10.6 Å². The molecule has 0 spiro atoms. The molecular formula is C13H10BrNO4S. The molecule has 0 saturated heterocycles. The lowest BCUT2D eigenvalue weighted by atomic mass is 10.2. The fourth-order valence-corrected chi connectivity index (χ4v) is 3.10. The van der Waals surface area contributed by atoms with Crippen molar-refractivity contribution >= 4 is 31.7 Å². The van der Waals surface area contributed by atoms with Crippen molar-refractivity contribution in [1.82, 2.24) is 4.98 Å². The van der Waals surface area contributed by atoms with Gasteiger partial charge in [0, 0.05) is 10.7 Å². The lowest BCUT2D eigenvalue weighted by molar-refractivity contribution is 0.0696. The van der Waals surface area contributed by atoms with Gasteiger partial charge in [-0.15, -0.1) is 0 Å². The lowest BCUT2D eigenvalue weighted by Gasteiger charge is -2.04. The fourth-order valence-electron chi connectivity index (χ4n) is 1.56. The minimum absolute atomic E-state index is 0.0230. The first-order valence-electron chi connectivity index (χ1n) is 5.55. The molecular weight excluding hydrogens is 346 g/mol. The van der Waals surface area contributed by atoms with Crippen LogP contribution < -0.4 is 0 Å². The third kappa shape index (κ3) is 3.43. The number of benzene rings is 1. The molecule has 1 aromatic carbocycles. The van der Waals surface area contributed by atoms with Gasteiger partial charge in [0.15, 0.2) is 9.84 Å². The van der Waals surface area contributed by atoms with E-state index in [-0.39, 0.29) is 16.2 Å². The number of sulfone groups is 1. The largest absolute Gasteiger partial charge is 0.478 e. The molecule has 1 N–H and O–H groups in total. The second-order valence-corrected chi connectivity index (χ2v) is 6.96. The first-order valence-corrected chi connectivity index (χ1v) is 7.99. The van der Waals surface area contributed by atoms with Crippen LogP contribution in [0.3, 0.4) is 0 Å². The van der Waals surface area contributed by atoms with Crippen LogP contribution in [-0.2, 0) is 15.6 Å². The van der Waals surface area contributed by atoms with Crippen LogP contribution in [0.2, 0.25) is 0 Å². The molecule has 1 heterocycles. The highest BCUT2D eigenvalue weighted by molar-refractivity contribution is 9.10. The number of pyridine rings is 1. The zero-order chi connectivity index (χ0) is 14.8. The standard InChI is InChI=1S/C13H10BrNO4S/c14-10-2-5-12(6-3-10)20(18,19)8-11-4-1-9(7-15-11)13(16)17/h1-7H,8H2,(H,16,17). The molecule has 104 valence electrons. The zero-order valence-electron chi connectivity index (χ0n) is 10.2. The van der Waals surface area contributed by atoms with Crippen molar-refractivity contribution in [2.24, 2.45) is 0 Å². The third-order valence-corrected chi connectivity index (χ3v) is 4.78. The normalized spacial score (nSPS) is 11.2.